The standard InChI is InChI=1S/C15H15NO4/c1-9-10(2)14(18)16(13(9)17)8-12(15(19)20)11-6-4-3-5-7-11/h3-7,12H,8H2,1-2H3,(H,19,20). The maximum atomic E-state index is 12.0. The van der Waals surface area contributed by atoms with Gasteiger partial charge in [-0.3, -0.25) is 19.3 Å². The summed E-state index contributed by atoms with van der Waals surface area (Å²) in [4.78, 5) is 36.4. The Labute approximate surface area is 116 Å². The summed E-state index contributed by atoms with van der Waals surface area (Å²) in [5.74, 6) is -2.79. The van der Waals surface area contributed by atoms with E-state index in [0.29, 0.717) is 16.7 Å². The third-order valence-electron chi connectivity index (χ3n) is 3.56. The van der Waals surface area contributed by atoms with Crippen LogP contribution >= 0.6 is 0 Å². The normalized spacial score (nSPS) is 16.8. The van der Waals surface area contributed by atoms with Crippen molar-refractivity contribution in [1.29, 1.82) is 0 Å². The molecule has 20 heavy (non-hydrogen) atoms. The highest BCUT2D eigenvalue weighted by atomic mass is 16.4. The van der Waals surface area contributed by atoms with Crippen molar-refractivity contribution >= 4 is 17.8 Å². The molecule has 5 heteroatoms. The smallest absolute Gasteiger partial charge is 0.312 e. The SMILES string of the molecule is CC1=C(C)C(=O)N(CC(C(=O)O)c2ccccc2)C1=O. The number of amides is 2. The maximum absolute atomic E-state index is 12.0. The van der Waals surface area contributed by atoms with E-state index >= 15 is 0 Å². The molecule has 0 aromatic heterocycles. The lowest BCUT2D eigenvalue weighted by atomic mass is 9.98. The molecule has 1 aromatic rings. The summed E-state index contributed by atoms with van der Waals surface area (Å²) in [6, 6.07) is 8.60. The quantitative estimate of drug-likeness (QED) is 0.845. The highest BCUT2D eigenvalue weighted by molar-refractivity contribution is 6.18. The molecule has 2 amide bonds. The molecule has 1 aromatic carbocycles. The lowest BCUT2D eigenvalue weighted by Crippen LogP contribution is -2.37. The van der Waals surface area contributed by atoms with Gasteiger partial charge in [0.2, 0.25) is 0 Å². The lowest BCUT2D eigenvalue weighted by molar-refractivity contribution is -0.142. The van der Waals surface area contributed by atoms with Crippen molar-refractivity contribution in [3.8, 4) is 0 Å². The molecule has 0 saturated heterocycles. The summed E-state index contributed by atoms with van der Waals surface area (Å²) < 4.78 is 0. The Balaban J connectivity index is 2.26. The first kappa shape index (κ1) is 14.0. The number of hydrogen-bond donors (Lipinski definition) is 1. The second-order valence-electron chi connectivity index (χ2n) is 4.77. The predicted molar refractivity (Wildman–Crippen MR) is 71.9 cm³/mol. The van der Waals surface area contributed by atoms with Gasteiger partial charge in [0.25, 0.3) is 11.8 Å². The van der Waals surface area contributed by atoms with Gasteiger partial charge >= 0.3 is 5.97 Å². The van der Waals surface area contributed by atoms with Gasteiger partial charge in [0.1, 0.15) is 0 Å². The fraction of sp³-hybridized carbons (Fsp3) is 0.267. The van der Waals surface area contributed by atoms with E-state index in [0.717, 1.165) is 4.90 Å². The van der Waals surface area contributed by atoms with Crippen molar-refractivity contribution in [1.82, 2.24) is 4.90 Å². The highest BCUT2D eigenvalue weighted by Crippen LogP contribution is 2.24. The van der Waals surface area contributed by atoms with Crippen LogP contribution in [0.1, 0.15) is 25.3 Å². The number of hydrogen-bond acceptors (Lipinski definition) is 3. The van der Waals surface area contributed by atoms with E-state index in [1.165, 1.54) is 0 Å². The number of aliphatic carboxylic acids is 1. The van der Waals surface area contributed by atoms with Crippen LogP contribution < -0.4 is 0 Å². The van der Waals surface area contributed by atoms with E-state index in [2.05, 4.69) is 0 Å². The second kappa shape index (κ2) is 5.28. The molecule has 0 radical (unpaired) electrons. The fourth-order valence-electron chi connectivity index (χ4n) is 2.18. The van der Waals surface area contributed by atoms with E-state index in [1.807, 2.05) is 0 Å². The summed E-state index contributed by atoms with van der Waals surface area (Å²) in [5, 5.41) is 9.33. The van der Waals surface area contributed by atoms with Gasteiger partial charge in [-0.2, -0.15) is 0 Å². The van der Waals surface area contributed by atoms with Crippen LogP contribution in [0.25, 0.3) is 0 Å². The first-order chi connectivity index (χ1) is 9.43. The number of imide groups is 1. The van der Waals surface area contributed by atoms with Crippen molar-refractivity contribution in [2.75, 3.05) is 6.54 Å². The number of carboxylic acids is 1. The van der Waals surface area contributed by atoms with Crippen molar-refractivity contribution in [2.24, 2.45) is 0 Å². The van der Waals surface area contributed by atoms with Crippen molar-refractivity contribution in [3.05, 3.63) is 47.0 Å². The lowest BCUT2D eigenvalue weighted by Gasteiger charge is -2.20. The van der Waals surface area contributed by atoms with Crippen molar-refractivity contribution < 1.29 is 19.5 Å². The first-order valence-corrected chi connectivity index (χ1v) is 6.25. The van der Waals surface area contributed by atoms with Gasteiger partial charge in [-0.1, -0.05) is 30.3 Å². The molecule has 0 spiro atoms. The van der Waals surface area contributed by atoms with Crippen LogP contribution in [0.5, 0.6) is 0 Å². The van der Waals surface area contributed by atoms with Gasteiger partial charge in [0, 0.05) is 17.7 Å². The number of nitrogens with zero attached hydrogens (tertiary/aromatic N) is 1. The number of carbonyl (C=O) groups is 3. The molecule has 1 N–H and O–H groups in total. The largest absolute Gasteiger partial charge is 0.481 e. The van der Waals surface area contributed by atoms with Gasteiger partial charge in [0.15, 0.2) is 0 Å². The van der Waals surface area contributed by atoms with Crippen LogP contribution in [0.15, 0.2) is 41.5 Å². The summed E-state index contributed by atoms with van der Waals surface area (Å²) >= 11 is 0. The van der Waals surface area contributed by atoms with Crippen molar-refractivity contribution in [3.63, 3.8) is 0 Å². The highest BCUT2D eigenvalue weighted by Gasteiger charge is 2.36. The predicted octanol–water partition coefficient (Wildman–Crippen LogP) is 1.56. The molecule has 0 saturated carbocycles. The van der Waals surface area contributed by atoms with Crippen molar-refractivity contribution in [2.45, 2.75) is 19.8 Å². The molecule has 104 valence electrons. The third-order valence-corrected chi connectivity index (χ3v) is 3.56. The van der Waals surface area contributed by atoms with E-state index in [4.69, 9.17) is 0 Å². The topological polar surface area (TPSA) is 74.7 Å². The monoisotopic (exact) mass is 273 g/mol. The van der Waals surface area contributed by atoms with E-state index in [9.17, 15) is 19.5 Å². The van der Waals surface area contributed by atoms with Crippen LogP contribution in [-0.2, 0) is 14.4 Å². The van der Waals surface area contributed by atoms with Crippen LogP contribution in [-0.4, -0.2) is 34.3 Å². The Morgan fingerprint density at radius 3 is 2.05 bits per heavy atom. The van der Waals surface area contributed by atoms with E-state index < -0.39 is 23.7 Å². The summed E-state index contributed by atoms with van der Waals surface area (Å²) in [6.45, 7) is 3.01. The van der Waals surface area contributed by atoms with Gasteiger partial charge in [-0.15, -0.1) is 0 Å². The average Bonchev–Trinajstić information content (AvgIpc) is 2.62. The number of rotatable bonds is 4. The molecule has 1 atom stereocenters. The molecule has 0 aliphatic carbocycles. The fourth-order valence-corrected chi connectivity index (χ4v) is 2.18. The van der Waals surface area contributed by atoms with Gasteiger partial charge in [-0.05, 0) is 19.4 Å². The van der Waals surface area contributed by atoms with Crippen LogP contribution in [0, 0.1) is 0 Å². The minimum absolute atomic E-state index is 0.147. The Kier molecular flexibility index (Phi) is 3.70. The first-order valence-electron chi connectivity index (χ1n) is 6.25. The molecular weight excluding hydrogens is 258 g/mol. The molecule has 1 heterocycles. The zero-order valence-electron chi connectivity index (χ0n) is 11.3. The summed E-state index contributed by atoms with van der Waals surface area (Å²) in [7, 11) is 0. The Bertz CT molecular complexity index is 580. The molecular formula is C15H15NO4. The van der Waals surface area contributed by atoms with Crippen LogP contribution in [0.2, 0.25) is 0 Å². The minimum atomic E-state index is -1.06. The molecule has 0 fully saturated rings. The zero-order valence-corrected chi connectivity index (χ0v) is 11.3. The number of benzene rings is 1. The second-order valence-corrected chi connectivity index (χ2v) is 4.77. The molecule has 1 unspecified atom stereocenters. The minimum Gasteiger partial charge on any atom is -0.481 e. The molecule has 5 nitrogen and oxygen atoms in total. The average molecular weight is 273 g/mol. The number of carboxylic acid groups (broad SMARTS) is 1. The molecule has 2 rings (SSSR count). The third kappa shape index (κ3) is 2.34. The summed E-state index contributed by atoms with van der Waals surface area (Å²) in [5.41, 5.74) is 1.34. The van der Waals surface area contributed by atoms with Gasteiger partial charge < -0.3 is 5.11 Å². The Morgan fingerprint density at radius 2 is 1.60 bits per heavy atom. The van der Waals surface area contributed by atoms with E-state index in [1.54, 1.807) is 44.2 Å². The van der Waals surface area contributed by atoms with Crippen LogP contribution in [0.4, 0.5) is 0 Å². The Hall–Kier alpha value is -2.43. The summed E-state index contributed by atoms with van der Waals surface area (Å²) in [6.07, 6.45) is 0. The van der Waals surface area contributed by atoms with E-state index in [-0.39, 0.29) is 6.54 Å². The zero-order chi connectivity index (χ0) is 14.9. The van der Waals surface area contributed by atoms with Gasteiger partial charge in [0.05, 0.1) is 5.92 Å². The van der Waals surface area contributed by atoms with Crippen LogP contribution in [0.3, 0.4) is 0 Å². The molecule has 0 bridgehead atoms. The van der Waals surface area contributed by atoms with Gasteiger partial charge in [-0.25, -0.2) is 0 Å². The molecule has 1 aliphatic rings. The number of carbonyl (C=O) groups excluding carboxylic acids is 2. The molecule has 1 aliphatic heterocycles. The maximum Gasteiger partial charge on any atom is 0.312 e. The Morgan fingerprint density at radius 1 is 1.10 bits per heavy atom.